The minimum Gasteiger partial charge on any atom is -0.327 e. The van der Waals surface area contributed by atoms with Crippen LogP contribution in [0, 0.1) is 5.92 Å². The monoisotopic (exact) mass is 315 g/mol. The molecule has 2 heteroatoms. The number of hydrogen-bond donors (Lipinski definition) is 1. The minimum absolute atomic E-state index is 0.228. The van der Waals surface area contributed by atoms with Gasteiger partial charge in [-0.3, -0.25) is 0 Å². The van der Waals surface area contributed by atoms with Crippen LogP contribution >= 0.6 is 15.9 Å². The lowest BCUT2D eigenvalue weighted by atomic mass is 9.92. The average molecular weight is 316 g/mol. The summed E-state index contributed by atoms with van der Waals surface area (Å²) >= 11 is 3.61. The van der Waals surface area contributed by atoms with Crippen molar-refractivity contribution in [2.24, 2.45) is 11.7 Å². The van der Waals surface area contributed by atoms with Crippen molar-refractivity contribution in [3.8, 4) is 0 Å². The number of rotatable bonds is 3. The van der Waals surface area contributed by atoms with Gasteiger partial charge >= 0.3 is 0 Å². The number of benzene rings is 2. The van der Waals surface area contributed by atoms with Crippen molar-refractivity contribution in [1.29, 1.82) is 0 Å². The molecule has 1 aliphatic rings. The zero-order valence-electron chi connectivity index (χ0n) is 10.9. The first-order valence-electron chi connectivity index (χ1n) is 6.80. The van der Waals surface area contributed by atoms with E-state index in [0.717, 1.165) is 19.3 Å². The lowest BCUT2D eigenvalue weighted by Gasteiger charge is -2.19. The third kappa shape index (κ3) is 2.75. The highest BCUT2D eigenvalue weighted by molar-refractivity contribution is 9.10. The Labute approximate surface area is 123 Å². The van der Waals surface area contributed by atoms with Gasteiger partial charge in [0, 0.05) is 10.5 Å². The third-order valence-electron chi connectivity index (χ3n) is 4.10. The summed E-state index contributed by atoms with van der Waals surface area (Å²) in [6, 6.07) is 17.3. The number of hydrogen-bond acceptors (Lipinski definition) is 1. The molecule has 0 aliphatic heterocycles. The van der Waals surface area contributed by atoms with Crippen molar-refractivity contribution in [3.63, 3.8) is 0 Å². The lowest BCUT2D eigenvalue weighted by Crippen LogP contribution is -2.32. The van der Waals surface area contributed by atoms with Crippen LogP contribution in [-0.4, -0.2) is 6.04 Å². The predicted molar refractivity (Wildman–Crippen MR) is 83.2 cm³/mol. The van der Waals surface area contributed by atoms with E-state index in [1.54, 1.807) is 0 Å². The van der Waals surface area contributed by atoms with Crippen LogP contribution in [0.25, 0.3) is 0 Å². The molecule has 0 saturated carbocycles. The molecule has 0 bridgehead atoms. The molecule has 0 heterocycles. The Morgan fingerprint density at radius 1 is 1.00 bits per heavy atom. The van der Waals surface area contributed by atoms with Crippen molar-refractivity contribution in [2.75, 3.05) is 0 Å². The zero-order chi connectivity index (χ0) is 13.2. The third-order valence-corrected chi connectivity index (χ3v) is 4.88. The molecule has 98 valence electrons. The van der Waals surface area contributed by atoms with Crippen LogP contribution in [0.2, 0.25) is 0 Å². The summed E-state index contributed by atoms with van der Waals surface area (Å²) in [7, 11) is 0. The average Bonchev–Trinajstić information content (AvgIpc) is 2.85. The molecule has 3 rings (SSSR count). The molecular formula is C17H18BrN. The van der Waals surface area contributed by atoms with Gasteiger partial charge in [-0.1, -0.05) is 58.4 Å². The topological polar surface area (TPSA) is 26.0 Å². The summed E-state index contributed by atoms with van der Waals surface area (Å²) in [5, 5.41) is 0. The van der Waals surface area contributed by atoms with Crippen LogP contribution in [0.1, 0.15) is 16.7 Å². The van der Waals surface area contributed by atoms with Gasteiger partial charge in [-0.15, -0.1) is 0 Å². The molecule has 2 N–H and O–H groups in total. The van der Waals surface area contributed by atoms with Crippen molar-refractivity contribution >= 4 is 15.9 Å². The van der Waals surface area contributed by atoms with Gasteiger partial charge in [0.2, 0.25) is 0 Å². The fraction of sp³-hybridized carbons (Fsp3) is 0.294. The van der Waals surface area contributed by atoms with E-state index in [4.69, 9.17) is 5.73 Å². The summed E-state index contributed by atoms with van der Waals surface area (Å²) in [5.41, 5.74) is 10.7. The summed E-state index contributed by atoms with van der Waals surface area (Å²) in [6.07, 6.45) is 3.20. The largest absolute Gasteiger partial charge is 0.327 e. The van der Waals surface area contributed by atoms with Crippen LogP contribution in [0.15, 0.2) is 53.0 Å². The standard InChI is InChI=1S/C17H18BrN/c18-16-8-4-3-7-14(16)11-17(19)15-9-12-5-1-2-6-13(12)10-15/h1-8,15,17H,9-11,19H2. The first-order valence-corrected chi connectivity index (χ1v) is 7.59. The predicted octanol–water partition coefficient (Wildman–Crippen LogP) is 3.73. The molecule has 1 nitrogen and oxygen atoms in total. The molecule has 0 saturated heterocycles. The van der Waals surface area contributed by atoms with Crippen molar-refractivity contribution < 1.29 is 0 Å². The van der Waals surface area contributed by atoms with Crippen LogP contribution in [0.4, 0.5) is 0 Å². The number of fused-ring (bicyclic) bond motifs is 1. The van der Waals surface area contributed by atoms with E-state index in [2.05, 4.69) is 58.4 Å². The second kappa shape index (κ2) is 5.48. The molecule has 0 aromatic heterocycles. The van der Waals surface area contributed by atoms with E-state index in [0.29, 0.717) is 5.92 Å². The normalized spacial score (nSPS) is 16.3. The van der Waals surface area contributed by atoms with Crippen LogP contribution in [0.3, 0.4) is 0 Å². The van der Waals surface area contributed by atoms with Crippen molar-refractivity contribution in [2.45, 2.75) is 25.3 Å². The Morgan fingerprint density at radius 3 is 2.21 bits per heavy atom. The zero-order valence-corrected chi connectivity index (χ0v) is 12.4. The van der Waals surface area contributed by atoms with E-state index in [9.17, 15) is 0 Å². The molecule has 0 spiro atoms. The van der Waals surface area contributed by atoms with Gasteiger partial charge in [-0.25, -0.2) is 0 Å². The second-order valence-corrected chi connectivity index (χ2v) is 6.25. The molecule has 2 aromatic rings. The van der Waals surface area contributed by atoms with E-state index < -0.39 is 0 Å². The Bertz CT molecular complexity index is 554. The molecule has 2 aromatic carbocycles. The van der Waals surface area contributed by atoms with Crippen molar-refractivity contribution in [3.05, 3.63) is 69.7 Å². The smallest absolute Gasteiger partial charge is 0.0207 e. The van der Waals surface area contributed by atoms with E-state index in [1.165, 1.54) is 21.2 Å². The lowest BCUT2D eigenvalue weighted by molar-refractivity contribution is 0.436. The summed E-state index contributed by atoms with van der Waals surface area (Å²) in [5.74, 6) is 0.574. The van der Waals surface area contributed by atoms with Gasteiger partial charge in [0.15, 0.2) is 0 Å². The second-order valence-electron chi connectivity index (χ2n) is 5.40. The van der Waals surface area contributed by atoms with E-state index in [1.807, 2.05) is 6.07 Å². The quantitative estimate of drug-likeness (QED) is 0.917. The minimum atomic E-state index is 0.228. The maximum absolute atomic E-state index is 6.44. The highest BCUT2D eigenvalue weighted by Gasteiger charge is 2.26. The number of halogens is 1. The van der Waals surface area contributed by atoms with E-state index >= 15 is 0 Å². The maximum atomic E-state index is 6.44. The maximum Gasteiger partial charge on any atom is 0.0207 e. The van der Waals surface area contributed by atoms with E-state index in [-0.39, 0.29) is 6.04 Å². The van der Waals surface area contributed by atoms with Gasteiger partial charge in [0.25, 0.3) is 0 Å². The molecular weight excluding hydrogens is 298 g/mol. The van der Waals surface area contributed by atoms with Gasteiger partial charge < -0.3 is 5.73 Å². The van der Waals surface area contributed by atoms with Gasteiger partial charge in [-0.05, 0) is 47.9 Å². The molecule has 1 unspecified atom stereocenters. The highest BCUT2D eigenvalue weighted by Crippen LogP contribution is 2.30. The Kier molecular flexibility index (Phi) is 3.72. The SMILES string of the molecule is NC(Cc1ccccc1Br)C1Cc2ccccc2C1. The van der Waals surface area contributed by atoms with Gasteiger partial charge in [0.05, 0.1) is 0 Å². The van der Waals surface area contributed by atoms with Gasteiger partial charge in [0.1, 0.15) is 0 Å². The molecule has 19 heavy (non-hydrogen) atoms. The van der Waals surface area contributed by atoms with Crippen LogP contribution < -0.4 is 5.73 Å². The fourth-order valence-corrected chi connectivity index (χ4v) is 3.43. The molecule has 1 aliphatic carbocycles. The first-order chi connectivity index (χ1) is 9.24. The van der Waals surface area contributed by atoms with Crippen LogP contribution in [-0.2, 0) is 19.3 Å². The Balaban J connectivity index is 1.70. The fourth-order valence-electron chi connectivity index (χ4n) is 2.98. The molecule has 1 atom stereocenters. The Morgan fingerprint density at radius 2 is 1.58 bits per heavy atom. The summed E-state index contributed by atoms with van der Waals surface area (Å²) in [4.78, 5) is 0. The Hall–Kier alpha value is -1.12. The molecule has 0 amide bonds. The number of nitrogens with two attached hydrogens (primary N) is 1. The summed E-state index contributed by atoms with van der Waals surface area (Å²) < 4.78 is 1.17. The van der Waals surface area contributed by atoms with Crippen molar-refractivity contribution in [1.82, 2.24) is 0 Å². The summed E-state index contributed by atoms with van der Waals surface area (Å²) in [6.45, 7) is 0. The first kappa shape index (κ1) is 12.9. The molecule has 0 radical (unpaired) electrons. The highest BCUT2D eigenvalue weighted by atomic mass is 79.9. The van der Waals surface area contributed by atoms with Crippen LogP contribution in [0.5, 0.6) is 0 Å². The van der Waals surface area contributed by atoms with Gasteiger partial charge in [-0.2, -0.15) is 0 Å². The molecule has 0 fully saturated rings.